The molecule has 0 aliphatic heterocycles. The molecule has 2 amide bonds. The van der Waals surface area contributed by atoms with Gasteiger partial charge in [0.25, 0.3) is 0 Å². The van der Waals surface area contributed by atoms with Crippen molar-refractivity contribution in [3.63, 3.8) is 0 Å². The molecular formula is C17H18N4O4. The standard InChI is InChI=1S/C17H18N4O4/c1-9-6-13-14(21-17(23)20-13)8-12(9)19-16(22)18-11-5-4-10(24-2)7-15(11)25-3/h4-8H,1-3H3,(H2,18,19,22)(H2,20,21,23). The molecule has 0 bridgehead atoms. The van der Waals surface area contributed by atoms with Crippen molar-refractivity contribution in [2.75, 3.05) is 24.9 Å². The van der Waals surface area contributed by atoms with Gasteiger partial charge in [0.2, 0.25) is 0 Å². The van der Waals surface area contributed by atoms with E-state index in [1.807, 2.05) is 6.92 Å². The number of fused-ring (bicyclic) bond motifs is 1. The number of carbonyl (C=O) groups excluding carboxylic acids is 1. The highest BCUT2D eigenvalue weighted by atomic mass is 16.5. The maximum Gasteiger partial charge on any atom is 0.323 e. The summed E-state index contributed by atoms with van der Waals surface area (Å²) in [6, 6.07) is 8.15. The van der Waals surface area contributed by atoms with Crippen LogP contribution < -0.4 is 25.8 Å². The van der Waals surface area contributed by atoms with Gasteiger partial charge in [0.1, 0.15) is 11.5 Å². The van der Waals surface area contributed by atoms with E-state index in [9.17, 15) is 9.59 Å². The van der Waals surface area contributed by atoms with E-state index in [0.717, 1.165) is 5.56 Å². The van der Waals surface area contributed by atoms with Crippen LogP contribution in [0.15, 0.2) is 35.1 Å². The number of methoxy groups -OCH3 is 2. The predicted molar refractivity (Wildman–Crippen MR) is 95.8 cm³/mol. The van der Waals surface area contributed by atoms with Gasteiger partial charge in [0.05, 0.1) is 30.9 Å². The molecule has 25 heavy (non-hydrogen) atoms. The third-order valence-corrected chi connectivity index (χ3v) is 3.77. The average Bonchev–Trinajstić information content (AvgIpc) is 2.94. The first-order chi connectivity index (χ1) is 12.0. The van der Waals surface area contributed by atoms with Crippen molar-refractivity contribution < 1.29 is 14.3 Å². The molecular weight excluding hydrogens is 324 g/mol. The number of imidazole rings is 1. The van der Waals surface area contributed by atoms with Crippen LogP contribution in [-0.4, -0.2) is 30.2 Å². The molecule has 130 valence electrons. The van der Waals surface area contributed by atoms with E-state index >= 15 is 0 Å². The predicted octanol–water partition coefficient (Wildman–Crippen LogP) is 2.83. The third-order valence-electron chi connectivity index (χ3n) is 3.77. The highest BCUT2D eigenvalue weighted by Gasteiger charge is 2.11. The van der Waals surface area contributed by atoms with Crippen molar-refractivity contribution in [1.82, 2.24) is 9.97 Å². The topological polar surface area (TPSA) is 108 Å². The molecule has 0 aliphatic rings. The summed E-state index contributed by atoms with van der Waals surface area (Å²) >= 11 is 0. The lowest BCUT2D eigenvalue weighted by atomic mass is 10.2. The monoisotopic (exact) mass is 342 g/mol. The molecule has 0 saturated carbocycles. The van der Waals surface area contributed by atoms with Gasteiger partial charge in [-0.2, -0.15) is 0 Å². The molecule has 2 aromatic carbocycles. The Kier molecular flexibility index (Phi) is 4.34. The van der Waals surface area contributed by atoms with E-state index in [4.69, 9.17) is 9.47 Å². The van der Waals surface area contributed by atoms with E-state index in [1.165, 1.54) is 7.11 Å². The molecule has 3 rings (SSSR count). The second kappa shape index (κ2) is 6.60. The normalized spacial score (nSPS) is 10.5. The number of nitrogens with one attached hydrogen (secondary N) is 4. The second-order valence-corrected chi connectivity index (χ2v) is 5.44. The molecule has 3 aromatic rings. The van der Waals surface area contributed by atoms with E-state index < -0.39 is 6.03 Å². The fourth-order valence-corrected chi connectivity index (χ4v) is 2.50. The van der Waals surface area contributed by atoms with Crippen LogP contribution in [0.25, 0.3) is 11.0 Å². The quantitative estimate of drug-likeness (QED) is 0.584. The first kappa shape index (κ1) is 16.4. The SMILES string of the molecule is COc1ccc(NC(=O)Nc2cc3[nH]c(=O)[nH]c3cc2C)c(OC)c1. The molecule has 1 aromatic heterocycles. The zero-order valence-electron chi connectivity index (χ0n) is 14.0. The number of aromatic amines is 2. The van der Waals surface area contributed by atoms with Crippen LogP contribution in [0.2, 0.25) is 0 Å². The van der Waals surface area contributed by atoms with Crippen molar-refractivity contribution in [2.45, 2.75) is 6.92 Å². The Morgan fingerprint density at radius 2 is 1.64 bits per heavy atom. The van der Waals surface area contributed by atoms with Crippen molar-refractivity contribution in [3.05, 3.63) is 46.4 Å². The van der Waals surface area contributed by atoms with Crippen LogP contribution in [0.3, 0.4) is 0 Å². The van der Waals surface area contributed by atoms with Gasteiger partial charge >= 0.3 is 11.7 Å². The lowest BCUT2D eigenvalue weighted by Gasteiger charge is -2.13. The summed E-state index contributed by atoms with van der Waals surface area (Å²) in [7, 11) is 3.07. The van der Waals surface area contributed by atoms with Crippen molar-refractivity contribution in [3.8, 4) is 11.5 Å². The van der Waals surface area contributed by atoms with E-state index in [0.29, 0.717) is 33.9 Å². The molecule has 0 atom stereocenters. The molecule has 0 aliphatic carbocycles. The molecule has 8 nitrogen and oxygen atoms in total. The number of carbonyl (C=O) groups is 1. The summed E-state index contributed by atoms with van der Waals surface area (Å²) in [5.74, 6) is 1.11. The molecule has 0 radical (unpaired) electrons. The molecule has 4 N–H and O–H groups in total. The molecule has 0 spiro atoms. The summed E-state index contributed by atoms with van der Waals surface area (Å²) in [6.45, 7) is 1.84. The number of urea groups is 1. The first-order valence-electron chi connectivity index (χ1n) is 7.53. The zero-order chi connectivity index (χ0) is 18.0. The van der Waals surface area contributed by atoms with Gasteiger partial charge in [-0.05, 0) is 36.8 Å². The highest BCUT2D eigenvalue weighted by molar-refractivity contribution is 6.02. The Bertz CT molecular complexity index is 990. The van der Waals surface area contributed by atoms with Gasteiger partial charge in [-0.25, -0.2) is 9.59 Å². The molecule has 0 fully saturated rings. The minimum Gasteiger partial charge on any atom is -0.497 e. The smallest absolute Gasteiger partial charge is 0.323 e. The molecule has 1 heterocycles. The number of hydrogen-bond acceptors (Lipinski definition) is 4. The van der Waals surface area contributed by atoms with Gasteiger partial charge in [0, 0.05) is 11.8 Å². The lowest BCUT2D eigenvalue weighted by molar-refractivity contribution is 0.262. The van der Waals surface area contributed by atoms with E-state index in [-0.39, 0.29) is 5.69 Å². The Labute approximate surface area is 143 Å². The van der Waals surface area contributed by atoms with E-state index in [2.05, 4.69) is 20.6 Å². The van der Waals surface area contributed by atoms with Gasteiger partial charge in [-0.15, -0.1) is 0 Å². The van der Waals surface area contributed by atoms with Gasteiger partial charge in [0.15, 0.2) is 0 Å². The third kappa shape index (κ3) is 3.42. The highest BCUT2D eigenvalue weighted by Crippen LogP contribution is 2.29. The first-order valence-corrected chi connectivity index (χ1v) is 7.53. The Morgan fingerprint density at radius 1 is 0.960 bits per heavy atom. The largest absolute Gasteiger partial charge is 0.497 e. The van der Waals surface area contributed by atoms with Gasteiger partial charge < -0.3 is 30.1 Å². The number of aromatic nitrogens is 2. The number of H-pyrrole nitrogens is 2. The van der Waals surface area contributed by atoms with Crippen LogP contribution >= 0.6 is 0 Å². The summed E-state index contributed by atoms with van der Waals surface area (Å²) in [5, 5.41) is 5.50. The summed E-state index contributed by atoms with van der Waals surface area (Å²) in [6.07, 6.45) is 0. The minimum absolute atomic E-state index is 0.293. The maximum atomic E-state index is 12.3. The van der Waals surface area contributed by atoms with Gasteiger partial charge in [-0.3, -0.25) is 0 Å². The molecule has 0 saturated heterocycles. The van der Waals surface area contributed by atoms with Crippen LogP contribution in [0, 0.1) is 6.92 Å². The number of rotatable bonds is 4. The number of ether oxygens (including phenoxy) is 2. The number of aryl methyl sites for hydroxylation is 1. The Balaban J connectivity index is 1.81. The summed E-state index contributed by atoms with van der Waals surface area (Å²) < 4.78 is 10.4. The van der Waals surface area contributed by atoms with Crippen molar-refractivity contribution in [2.24, 2.45) is 0 Å². The van der Waals surface area contributed by atoms with Gasteiger partial charge in [-0.1, -0.05) is 0 Å². The molecule has 0 unspecified atom stereocenters. The Hall–Kier alpha value is -3.42. The van der Waals surface area contributed by atoms with Crippen molar-refractivity contribution >= 4 is 28.4 Å². The van der Waals surface area contributed by atoms with E-state index in [1.54, 1.807) is 37.4 Å². The number of benzene rings is 2. The fraction of sp³-hybridized carbons (Fsp3) is 0.176. The second-order valence-electron chi connectivity index (χ2n) is 5.44. The number of anilines is 2. The summed E-state index contributed by atoms with van der Waals surface area (Å²) in [5.41, 5.74) is 2.93. The van der Waals surface area contributed by atoms with Crippen LogP contribution in [0.4, 0.5) is 16.2 Å². The summed E-state index contributed by atoms with van der Waals surface area (Å²) in [4.78, 5) is 29.0. The average molecular weight is 342 g/mol. The molecule has 8 heteroatoms. The number of amides is 2. The van der Waals surface area contributed by atoms with Crippen LogP contribution in [-0.2, 0) is 0 Å². The Morgan fingerprint density at radius 3 is 2.32 bits per heavy atom. The van der Waals surface area contributed by atoms with Crippen LogP contribution in [0.1, 0.15) is 5.56 Å². The van der Waals surface area contributed by atoms with Crippen LogP contribution in [0.5, 0.6) is 11.5 Å². The fourth-order valence-electron chi connectivity index (χ4n) is 2.50. The maximum absolute atomic E-state index is 12.3. The van der Waals surface area contributed by atoms with Crippen molar-refractivity contribution in [1.29, 1.82) is 0 Å². The lowest BCUT2D eigenvalue weighted by Crippen LogP contribution is -2.20. The minimum atomic E-state index is -0.427. The number of hydrogen-bond donors (Lipinski definition) is 4. The zero-order valence-corrected chi connectivity index (χ0v) is 14.0.